The molecule has 7 nitrogen and oxygen atoms in total. The van der Waals surface area contributed by atoms with E-state index in [1.807, 2.05) is 7.05 Å². The van der Waals surface area contributed by atoms with Crippen LogP contribution in [-0.4, -0.2) is 88.4 Å². The molecular weight excluding hydrogens is 390 g/mol. The van der Waals surface area contributed by atoms with E-state index in [-0.39, 0.29) is 6.10 Å². The van der Waals surface area contributed by atoms with Gasteiger partial charge in [0, 0.05) is 39.8 Å². The second kappa shape index (κ2) is 12.3. The van der Waals surface area contributed by atoms with Gasteiger partial charge >= 0.3 is 0 Å². The van der Waals surface area contributed by atoms with E-state index in [0.717, 1.165) is 64.1 Å². The Morgan fingerprint density at radius 3 is 2.55 bits per heavy atom. The molecule has 0 spiro atoms. The van der Waals surface area contributed by atoms with Crippen molar-refractivity contribution >= 4 is 5.96 Å². The smallest absolute Gasteiger partial charge is 0.191 e. The second-order valence-electron chi connectivity index (χ2n) is 9.01. The zero-order chi connectivity index (χ0) is 22.1. The molecule has 0 amide bonds. The molecule has 2 saturated heterocycles. The van der Waals surface area contributed by atoms with Crippen LogP contribution in [0.25, 0.3) is 0 Å². The molecule has 2 unspecified atom stereocenters. The molecule has 0 aliphatic carbocycles. The topological polar surface area (TPSA) is 61.4 Å². The van der Waals surface area contributed by atoms with Gasteiger partial charge in [0.2, 0.25) is 0 Å². The Kier molecular flexibility index (Phi) is 9.43. The molecule has 2 fully saturated rings. The fourth-order valence-electron chi connectivity index (χ4n) is 4.55. The van der Waals surface area contributed by atoms with E-state index in [9.17, 15) is 0 Å². The monoisotopic (exact) mass is 431 g/mol. The number of aliphatic imine (C=N–C) groups is 1. The highest BCUT2D eigenvalue weighted by atomic mass is 16.5. The van der Waals surface area contributed by atoms with Crippen LogP contribution >= 0.6 is 0 Å². The van der Waals surface area contributed by atoms with Crippen LogP contribution in [0.2, 0.25) is 0 Å². The quantitative estimate of drug-likeness (QED) is 0.462. The average molecular weight is 432 g/mol. The first kappa shape index (κ1) is 23.8. The first-order valence-corrected chi connectivity index (χ1v) is 11.8. The van der Waals surface area contributed by atoms with E-state index < -0.39 is 0 Å². The Labute approximate surface area is 188 Å². The summed E-state index contributed by atoms with van der Waals surface area (Å²) in [5.41, 5.74) is 1.31. The highest BCUT2D eigenvalue weighted by molar-refractivity contribution is 5.79. The van der Waals surface area contributed by atoms with Crippen molar-refractivity contribution < 1.29 is 9.47 Å². The zero-order valence-electron chi connectivity index (χ0n) is 19.8. The number of rotatable bonds is 9. The molecule has 174 valence electrons. The number of ether oxygens (including phenoxy) is 2. The number of nitrogens with one attached hydrogen (secondary N) is 2. The molecule has 1 aromatic carbocycles. The van der Waals surface area contributed by atoms with E-state index in [1.54, 1.807) is 7.11 Å². The maximum Gasteiger partial charge on any atom is 0.191 e. The van der Waals surface area contributed by atoms with Crippen molar-refractivity contribution in [3.05, 3.63) is 29.8 Å². The fourth-order valence-corrected chi connectivity index (χ4v) is 4.55. The third kappa shape index (κ3) is 7.37. The number of hydrogen-bond acceptors (Lipinski definition) is 5. The Bertz CT molecular complexity index is 673. The summed E-state index contributed by atoms with van der Waals surface area (Å²) in [6.45, 7) is 12.4. The molecule has 2 heterocycles. The summed E-state index contributed by atoms with van der Waals surface area (Å²) in [7, 11) is 3.54. The van der Waals surface area contributed by atoms with Crippen LogP contribution in [0.5, 0.6) is 5.75 Å². The van der Waals surface area contributed by atoms with E-state index in [4.69, 9.17) is 9.47 Å². The molecule has 31 heavy (non-hydrogen) atoms. The fraction of sp³-hybridized carbons (Fsp3) is 0.708. The Morgan fingerprint density at radius 1 is 1.16 bits per heavy atom. The van der Waals surface area contributed by atoms with Crippen molar-refractivity contribution in [3.63, 3.8) is 0 Å². The largest absolute Gasteiger partial charge is 0.497 e. The van der Waals surface area contributed by atoms with E-state index in [2.05, 4.69) is 63.5 Å². The minimum atomic E-state index is 0.196. The van der Waals surface area contributed by atoms with Gasteiger partial charge in [-0.15, -0.1) is 0 Å². The minimum Gasteiger partial charge on any atom is -0.497 e. The van der Waals surface area contributed by atoms with Crippen molar-refractivity contribution in [2.45, 2.75) is 38.8 Å². The lowest BCUT2D eigenvalue weighted by molar-refractivity contribution is -0.0284. The van der Waals surface area contributed by atoms with Gasteiger partial charge in [0.1, 0.15) is 5.75 Å². The Balaban J connectivity index is 1.53. The van der Waals surface area contributed by atoms with Crippen molar-refractivity contribution in [2.24, 2.45) is 10.9 Å². The Hall–Kier alpha value is -1.83. The second-order valence-corrected chi connectivity index (χ2v) is 9.01. The summed E-state index contributed by atoms with van der Waals surface area (Å²) in [6.07, 6.45) is 2.74. The number of morpholine rings is 1. The summed E-state index contributed by atoms with van der Waals surface area (Å²) in [5.74, 6) is 2.41. The molecule has 2 atom stereocenters. The first-order chi connectivity index (χ1) is 15.1. The van der Waals surface area contributed by atoms with E-state index in [0.29, 0.717) is 12.0 Å². The third-order valence-electron chi connectivity index (χ3n) is 6.11. The first-order valence-electron chi connectivity index (χ1n) is 11.8. The summed E-state index contributed by atoms with van der Waals surface area (Å²) >= 11 is 0. The third-order valence-corrected chi connectivity index (χ3v) is 6.11. The number of hydrogen-bond donors (Lipinski definition) is 2. The van der Waals surface area contributed by atoms with E-state index in [1.165, 1.54) is 18.4 Å². The predicted molar refractivity (Wildman–Crippen MR) is 127 cm³/mol. The van der Waals surface area contributed by atoms with Crippen LogP contribution in [-0.2, 0) is 4.74 Å². The normalized spacial score (nSPS) is 22.0. The van der Waals surface area contributed by atoms with Gasteiger partial charge in [-0.25, -0.2) is 0 Å². The highest BCUT2D eigenvalue weighted by Gasteiger charge is 2.24. The lowest BCUT2D eigenvalue weighted by atomic mass is 10.1. The molecule has 1 aromatic rings. The van der Waals surface area contributed by atoms with Gasteiger partial charge in [0.15, 0.2) is 5.96 Å². The standard InChI is InChI=1S/C24H41N5O2/c1-19(2)17-28-13-14-31-22(18-28)15-26-24(25-3)27-16-23(29-11-5-6-12-29)20-7-9-21(30-4)10-8-20/h7-10,19,22-23H,5-6,11-18H2,1-4H3,(H2,25,26,27). The Morgan fingerprint density at radius 2 is 1.90 bits per heavy atom. The molecule has 0 saturated carbocycles. The van der Waals surface area contributed by atoms with Crippen molar-refractivity contribution in [1.29, 1.82) is 0 Å². The highest BCUT2D eigenvalue weighted by Crippen LogP contribution is 2.26. The van der Waals surface area contributed by atoms with Crippen molar-refractivity contribution in [1.82, 2.24) is 20.4 Å². The van der Waals surface area contributed by atoms with Crippen LogP contribution < -0.4 is 15.4 Å². The molecule has 2 N–H and O–H groups in total. The van der Waals surface area contributed by atoms with Crippen LogP contribution in [0.4, 0.5) is 0 Å². The predicted octanol–water partition coefficient (Wildman–Crippen LogP) is 2.35. The number of methoxy groups -OCH3 is 1. The van der Waals surface area contributed by atoms with Gasteiger partial charge in [-0.1, -0.05) is 26.0 Å². The summed E-state index contributed by atoms with van der Waals surface area (Å²) < 4.78 is 11.3. The van der Waals surface area contributed by atoms with Gasteiger partial charge in [-0.05, 0) is 49.5 Å². The molecular formula is C24H41N5O2. The molecule has 0 bridgehead atoms. The van der Waals surface area contributed by atoms with Crippen LogP contribution in [0.1, 0.15) is 38.3 Å². The molecule has 2 aliphatic rings. The van der Waals surface area contributed by atoms with Gasteiger partial charge in [-0.3, -0.25) is 14.8 Å². The molecule has 3 rings (SSSR count). The minimum absolute atomic E-state index is 0.196. The summed E-state index contributed by atoms with van der Waals surface area (Å²) in [4.78, 5) is 9.52. The van der Waals surface area contributed by atoms with Gasteiger partial charge < -0.3 is 20.1 Å². The van der Waals surface area contributed by atoms with Gasteiger partial charge in [-0.2, -0.15) is 0 Å². The van der Waals surface area contributed by atoms with E-state index >= 15 is 0 Å². The van der Waals surface area contributed by atoms with Crippen LogP contribution in [0, 0.1) is 5.92 Å². The summed E-state index contributed by atoms with van der Waals surface area (Å²) in [5, 5.41) is 7.03. The number of likely N-dealkylation sites (tertiary alicyclic amines) is 1. The zero-order valence-corrected chi connectivity index (χ0v) is 19.8. The number of benzene rings is 1. The molecule has 2 aliphatic heterocycles. The lowest BCUT2D eigenvalue weighted by Crippen LogP contribution is -2.50. The maximum atomic E-state index is 5.98. The number of guanidine groups is 1. The van der Waals surface area contributed by atoms with Crippen LogP contribution in [0.3, 0.4) is 0 Å². The van der Waals surface area contributed by atoms with Crippen LogP contribution in [0.15, 0.2) is 29.3 Å². The SMILES string of the molecule is CN=C(NCC1CN(CC(C)C)CCO1)NCC(c1ccc(OC)cc1)N1CCCC1. The van der Waals surface area contributed by atoms with Gasteiger partial charge in [0.25, 0.3) is 0 Å². The van der Waals surface area contributed by atoms with Crippen molar-refractivity contribution in [2.75, 3.05) is 66.6 Å². The number of nitrogens with zero attached hydrogens (tertiary/aromatic N) is 3. The average Bonchev–Trinajstić information content (AvgIpc) is 3.31. The summed E-state index contributed by atoms with van der Waals surface area (Å²) in [6, 6.07) is 8.78. The molecule has 0 radical (unpaired) electrons. The van der Waals surface area contributed by atoms with Crippen molar-refractivity contribution in [3.8, 4) is 5.75 Å². The lowest BCUT2D eigenvalue weighted by Gasteiger charge is -2.34. The van der Waals surface area contributed by atoms with Gasteiger partial charge in [0.05, 0.1) is 25.9 Å². The molecule has 0 aromatic heterocycles. The molecule has 7 heteroatoms. The maximum absolute atomic E-state index is 5.98.